The Kier molecular flexibility index (Phi) is 6.90. The third-order valence-electron chi connectivity index (χ3n) is 5.70. The quantitative estimate of drug-likeness (QED) is 0.884. The smallest absolute Gasteiger partial charge is 0.317 e. The molecule has 26 heavy (non-hydrogen) atoms. The van der Waals surface area contributed by atoms with Crippen LogP contribution in [0, 0.1) is 23.2 Å². The van der Waals surface area contributed by atoms with Crippen molar-refractivity contribution in [2.75, 3.05) is 39.3 Å². The van der Waals surface area contributed by atoms with Crippen LogP contribution in [-0.2, 0) is 6.42 Å². The molecule has 2 saturated heterocycles. The summed E-state index contributed by atoms with van der Waals surface area (Å²) in [7, 11) is 0. The summed E-state index contributed by atoms with van der Waals surface area (Å²) in [5.41, 5.74) is 1.40. The number of piperidine rings is 2. The molecular weight excluding hydrogens is 324 g/mol. The molecule has 0 aliphatic carbocycles. The number of rotatable bonds is 5. The predicted molar refractivity (Wildman–Crippen MR) is 103 cm³/mol. The van der Waals surface area contributed by atoms with Gasteiger partial charge in [-0.1, -0.05) is 30.3 Å². The molecule has 2 fully saturated rings. The molecule has 1 N–H and O–H groups in total. The zero-order valence-electron chi connectivity index (χ0n) is 15.6. The molecule has 2 aliphatic heterocycles. The standard InChI is InChI=1S/C21H30N4O/c22-15-20-7-4-11-25(17-20)21(26)23-16-19-9-13-24(14-10-19)12-8-18-5-2-1-3-6-18/h1-3,5-6,19-20H,4,7-14,16-17H2,(H,23,26). The van der Waals surface area contributed by atoms with Gasteiger partial charge in [0.25, 0.3) is 0 Å². The first-order valence-electron chi connectivity index (χ1n) is 9.93. The Hall–Kier alpha value is -2.06. The first-order chi connectivity index (χ1) is 12.7. The van der Waals surface area contributed by atoms with Gasteiger partial charge in [0.2, 0.25) is 0 Å². The van der Waals surface area contributed by atoms with Crippen molar-refractivity contribution in [3.63, 3.8) is 0 Å². The maximum atomic E-state index is 12.3. The van der Waals surface area contributed by atoms with Crippen molar-refractivity contribution in [1.29, 1.82) is 5.26 Å². The van der Waals surface area contributed by atoms with Gasteiger partial charge in [0.1, 0.15) is 0 Å². The average Bonchev–Trinajstić information content (AvgIpc) is 2.72. The fourth-order valence-electron chi connectivity index (χ4n) is 3.96. The maximum absolute atomic E-state index is 12.3. The molecule has 1 unspecified atom stereocenters. The molecule has 2 amide bonds. The van der Waals surface area contributed by atoms with E-state index in [0.717, 1.165) is 64.8 Å². The van der Waals surface area contributed by atoms with Gasteiger partial charge in [0.15, 0.2) is 0 Å². The number of carbonyl (C=O) groups excluding carboxylic acids is 1. The number of urea groups is 1. The highest BCUT2D eigenvalue weighted by Crippen LogP contribution is 2.18. The average molecular weight is 354 g/mol. The topological polar surface area (TPSA) is 59.4 Å². The number of nitrogens with one attached hydrogen (secondary N) is 1. The van der Waals surface area contributed by atoms with Gasteiger partial charge >= 0.3 is 6.03 Å². The van der Waals surface area contributed by atoms with E-state index in [0.29, 0.717) is 12.5 Å². The van der Waals surface area contributed by atoms with E-state index in [1.165, 1.54) is 5.56 Å². The van der Waals surface area contributed by atoms with Gasteiger partial charge in [0, 0.05) is 26.2 Å². The fourth-order valence-corrected chi connectivity index (χ4v) is 3.96. The van der Waals surface area contributed by atoms with Crippen LogP contribution in [0.1, 0.15) is 31.2 Å². The third-order valence-corrected chi connectivity index (χ3v) is 5.70. The number of nitrogens with zero attached hydrogens (tertiary/aromatic N) is 3. The molecular formula is C21H30N4O. The van der Waals surface area contributed by atoms with E-state index < -0.39 is 0 Å². The summed E-state index contributed by atoms with van der Waals surface area (Å²) in [6.45, 7) is 5.48. The molecule has 0 radical (unpaired) electrons. The summed E-state index contributed by atoms with van der Waals surface area (Å²) in [6.07, 6.45) is 5.26. The Morgan fingerprint density at radius 1 is 1.15 bits per heavy atom. The van der Waals surface area contributed by atoms with Gasteiger partial charge in [-0.3, -0.25) is 0 Å². The molecule has 2 aliphatic rings. The third kappa shape index (κ3) is 5.47. The number of benzene rings is 1. The van der Waals surface area contributed by atoms with Crippen LogP contribution >= 0.6 is 0 Å². The minimum absolute atomic E-state index is 0.00218. The molecule has 1 aromatic rings. The van der Waals surface area contributed by atoms with Gasteiger partial charge in [-0.15, -0.1) is 0 Å². The van der Waals surface area contributed by atoms with Crippen LogP contribution in [0.2, 0.25) is 0 Å². The number of carbonyl (C=O) groups is 1. The number of hydrogen-bond donors (Lipinski definition) is 1. The van der Waals surface area contributed by atoms with E-state index in [1.54, 1.807) is 0 Å². The molecule has 140 valence electrons. The Morgan fingerprint density at radius 3 is 2.65 bits per heavy atom. The lowest BCUT2D eigenvalue weighted by atomic mass is 9.96. The van der Waals surface area contributed by atoms with Gasteiger partial charge < -0.3 is 15.1 Å². The number of likely N-dealkylation sites (tertiary alicyclic amines) is 2. The zero-order chi connectivity index (χ0) is 18.2. The molecule has 0 aromatic heterocycles. The summed E-state index contributed by atoms with van der Waals surface area (Å²) >= 11 is 0. The van der Waals surface area contributed by atoms with Crippen molar-refractivity contribution >= 4 is 6.03 Å². The van der Waals surface area contributed by atoms with Crippen molar-refractivity contribution in [3.8, 4) is 6.07 Å². The summed E-state index contributed by atoms with van der Waals surface area (Å²) < 4.78 is 0. The Bertz CT molecular complexity index is 604. The molecule has 0 spiro atoms. The van der Waals surface area contributed by atoms with Crippen molar-refractivity contribution in [3.05, 3.63) is 35.9 Å². The van der Waals surface area contributed by atoms with Gasteiger partial charge in [0.05, 0.1) is 12.0 Å². The van der Waals surface area contributed by atoms with E-state index >= 15 is 0 Å². The monoisotopic (exact) mass is 354 g/mol. The van der Waals surface area contributed by atoms with Crippen LogP contribution in [-0.4, -0.2) is 55.1 Å². The van der Waals surface area contributed by atoms with E-state index in [2.05, 4.69) is 46.6 Å². The van der Waals surface area contributed by atoms with E-state index in [1.807, 2.05) is 4.90 Å². The summed E-state index contributed by atoms with van der Waals surface area (Å²) in [4.78, 5) is 16.7. The lowest BCUT2D eigenvalue weighted by molar-refractivity contribution is 0.163. The lowest BCUT2D eigenvalue weighted by Gasteiger charge is -2.33. The minimum atomic E-state index is 0.00218. The first-order valence-corrected chi connectivity index (χ1v) is 9.93. The van der Waals surface area contributed by atoms with Crippen LogP contribution in [0.15, 0.2) is 30.3 Å². The number of nitriles is 1. The Balaban J connectivity index is 1.32. The van der Waals surface area contributed by atoms with Gasteiger partial charge in [-0.25, -0.2) is 4.79 Å². The SMILES string of the molecule is N#CC1CCCN(C(=O)NCC2CCN(CCc3ccccc3)CC2)C1. The number of hydrogen-bond acceptors (Lipinski definition) is 3. The molecule has 5 nitrogen and oxygen atoms in total. The second-order valence-corrected chi connectivity index (χ2v) is 7.62. The van der Waals surface area contributed by atoms with E-state index in [9.17, 15) is 4.79 Å². The molecule has 5 heteroatoms. The van der Waals surface area contributed by atoms with Crippen LogP contribution in [0.5, 0.6) is 0 Å². The molecule has 3 rings (SSSR count). The Morgan fingerprint density at radius 2 is 1.92 bits per heavy atom. The normalized spacial score (nSPS) is 22.0. The minimum Gasteiger partial charge on any atom is -0.338 e. The number of amides is 2. The summed E-state index contributed by atoms with van der Waals surface area (Å²) in [5, 5.41) is 12.2. The largest absolute Gasteiger partial charge is 0.338 e. The second kappa shape index (κ2) is 9.59. The van der Waals surface area contributed by atoms with Crippen molar-refractivity contribution < 1.29 is 4.79 Å². The highest BCUT2D eigenvalue weighted by molar-refractivity contribution is 5.74. The molecule has 1 atom stereocenters. The molecule has 0 saturated carbocycles. The van der Waals surface area contributed by atoms with Crippen LogP contribution in [0.4, 0.5) is 4.79 Å². The van der Waals surface area contributed by atoms with E-state index in [-0.39, 0.29) is 11.9 Å². The highest BCUT2D eigenvalue weighted by Gasteiger charge is 2.24. The van der Waals surface area contributed by atoms with Crippen LogP contribution in [0.25, 0.3) is 0 Å². The highest BCUT2D eigenvalue weighted by atomic mass is 16.2. The van der Waals surface area contributed by atoms with Gasteiger partial charge in [-0.2, -0.15) is 5.26 Å². The Labute approximate surface area is 157 Å². The van der Waals surface area contributed by atoms with Crippen molar-refractivity contribution in [2.45, 2.75) is 32.1 Å². The van der Waals surface area contributed by atoms with Crippen LogP contribution < -0.4 is 5.32 Å². The lowest BCUT2D eigenvalue weighted by Crippen LogP contribution is -2.47. The first kappa shape index (κ1) is 18.7. The summed E-state index contributed by atoms with van der Waals surface area (Å²) in [6, 6.07) is 13.0. The molecule has 1 aromatic carbocycles. The van der Waals surface area contributed by atoms with Crippen molar-refractivity contribution in [2.24, 2.45) is 11.8 Å². The van der Waals surface area contributed by atoms with Crippen molar-refractivity contribution in [1.82, 2.24) is 15.1 Å². The maximum Gasteiger partial charge on any atom is 0.317 e. The fraction of sp³-hybridized carbons (Fsp3) is 0.619. The summed E-state index contributed by atoms with van der Waals surface area (Å²) in [5.74, 6) is 0.575. The van der Waals surface area contributed by atoms with E-state index in [4.69, 9.17) is 5.26 Å². The molecule has 2 heterocycles. The van der Waals surface area contributed by atoms with Gasteiger partial charge in [-0.05, 0) is 56.7 Å². The zero-order valence-corrected chi connectivity index (χ0v) is 15.6. The second-order valence-electron chi connectivity index (χ2n) is 7.62. The molecule has 0 bridgehead atoms. The predicted octanol–water partition coefficient (Wildman–Crippen LogP) is 2.89. The van der Waals surface area contributed by atoms with Crippen LogP contribution in [0.3, 0.4) is 0 Å².